The zero-order valence-corrected chi connectivity index (χ0v) is 12.1. The summed E-state index contributed by atoms with van der Waals surface area (Å²) in [4.78, 5) is 9.77. The van der Waals surface area contributed by atoms with Crippen LogP contribution in [0.25, 0.3) is 0 Å². The third kappa shape index (κ3) is 2.32. The van der Waals surface area contributed by atoms with Crippen LogP contribution >= 0.6 is 12.2 Å². The smallest absolute Gasteiger partial charge is 0.124 e. The largest absolute Gasteiger partial charge is 0.388 e. The average molecular weight is 276 g/mol. The third-order valence-corrected chi connectivity index (χ3v) is 4.46. The Morgan fingerprint density at radius 3 is 3.11 bits per heavy atom. The van der Waals surface area contributed by atoms with Gasteiger partial charge in [-0.25, -0.2) is 0 Å². The summed E-state index contributed by atoms with van der Waals surface area (Å²) in [5, 5.41) is 0. The lowest BCUT2D eigenvalue weighted by Gasteiger charge is -2.44. The average Bonchev–Trinajstić information content (AvgIpc) is 2.84. The summed E-state index contributed by atoms with van der Waals surface area (Å²) in [5.41, 5.74) is 7.66. The van der Waals surface area contributed by atoms with Gasteiger partial charge in [0.2, 0.25) is 0 Å². The molecule has 1 aromatic rings. The van der Waals surface area contributed by atoms with E-state index in [1.807, 2.05) is 6.07 Å². The van der Waals surface area contributed by atoms with Gasteiger partial charge in [0.05, 0.1) is 5.69 Å². The lowest BCUT2D eigenvalue weighted by Crippen LogP contribution is -2.55. The molecule has 2 fully saturated rings. The predicted octanol–water partition coefficient (Wildman–Crippen LogP) is 1.39. The first kappa shape index (κ1) is 12.8. The highest BCUT2D eigenvalue weighted by molar-refractivity contribution is 7.80. The SMILES string of the molecule is CC1CN2CCCC2CN1c1cccnc1C(N)=S. The summed E-state index contributed by atoms with van der Waals surface area (Å²) in [7, 11) is 0. The van der Waals surface area contributed by atoms with E-state index in [0.717, 1.165) is 24.5 Å². The Hall–Kier alpha value is -1.20. The molecule has 2 atom stereocenters. The Bertz CT molecular complexity index is 490. The monoisotopic (exact) mass is 276 g/mol. The molecule has 0 amide bonds. The molecule has 5 heteroatoms. The molecule has 2 N–H and O–H groups in total. The highest BCUT2D eigenvalue weighted by Crippen LogP contribution is 2.29. The first-order valence-electron chi connectivity index (χ1n) is 6.92. The molecule has 1 aromatic heterocycles. The van der Waals surface area contributed by atoms with Gasteiger partial charge in [0.25, 0.3) is 0 Å². The van der Waals surface area contributed by atoms with E-state index >= 15 is 0 Å². The van der Waals surface area contributed by atoms with E-state index in [0.29, 0.717) is 17.1 Å². The molecule has 2 saturated heterocycles. The van der Waals surface area contributed by atoms with E-state index in [1.54, 1.807) is 6.20 Å². The van der Waals surface area contributed by atoms with Crippen LogP contribution in [0.4, 0.5) is 5.69 Å². The van der Waals surface area contributed by atoms with E-state index in [4.69, 9.17) is 18.0 Å². The number of anilines is 1. The summed E-state index contributed by atoms with van der Waals surface area (Å²) < 4.78 is 0. The van der Waals surface area contributed by atoms with E-state index < -0.39 is 0 Å². The Kier molecular flexibility index (Phi) is 3.41. The second kappa shape index (κ2) is 5.06. The van der Waals surface area contributed by atoms with Gasteiger partial charge in [0.15, 0.2) is 0 Å². The molecule has 0 spiro atoms. The first-order valence-corrected chi connectivity index (χ1v) is 7.33. The topological polar surface area (TPSA) is 45.4 Å². The summed E-state index contributed by atoms with van der Waals surface area (Å²) >= 11 is 5.13. The third-order valence-electron chi connectivity index (χ3n) is 4.27. The standard InChI is InChI=1S/C14H20N4S/c1-10-8-17-7-3-4-11(17)9-18(10)12-5-2-6-16-13(12)14(15)19/h2,5-6,10-11H,3-4,7-9H2,1H3,(H2,15,19). The van der Waals surface area contributed by atoms with Crippen molar-refractivity contribution in [3.05, 3.63) is 24.0 Å². The molecule has 2 aliphatic heterocycles. The number of rotatable bonds is 2. The van der Waals surface area contributed by atoms with Crippen LogP contribution < -0.4 is 10.6 Å². The lowest BCUT2D eigenvalue weighted by atomic mass is 10.1. The van der Waals surface area contributed by atoms with Crippen LogP contribution in [0.15, 0.2) is 18.3 Å². The summed E-state index contributed by atoms with van der Waals surface area (Å²) in [6, 6.07) is 5.20. The summed E-state index contributed by atoms with van der Waals surface area (Å²) in [6.45, 7) is 5.70. The van der Waals surface area contributed by atoms with Gasteiger partial charge in [-0.05, 0) is 38.4 Å². The van der Waals surface area contributed by atoms with Crippen molar-refractivity contribution >= 4 is 22.9 Å². The summed E-state index contributed by atoms with van der Waals surface area (Å²) in [6.07, 6.45) is 4.38. The molecule has 4 nitrogen and oxygen atoms in total. The number of nitrogens with zero attached hydrogens (tertiary/aromatic N) is 3. The van der Waals surface area contributed by atoms with Gasteiger partial charge >= 0.3 is 0 Å². The zero-order valence-electron chi connectivity index (χ0n) is 11.2. The zero-order chi connectivity index (χ0) is 13.4. The number of aromatic nitrogens is 1. The molecule has 0 aliphatic carbocycles. The molecule has 0 saturated carbocycles. The van der Waals surface area contributed by atoms with Crippen molar-refractivity contribution < 1.29 is 0 Å². The Morgan fingerprint density at radius 2 is 2.32 bits per heavy atom. The van der Waals surface area contributed by atoms with E-state index in [2.05, 4.69) is 27.8 Å². The van der Waals surface area contributed by atoms with Crippen LogP contribution in [0.3, 0.4) is 0 Å². The fourth-order valence-corrected chi connectivity index (χ4v) is 3.50. The minimum atomic E-state index is 0.386. The van der Waals surface area contributed by atoms with Gasteiger partial charge in [-0.2, -0.15) is 0 Å². The van der Waals surface area contributed by atoms with Crippen molar-refractivity contribution in [2.45, 2.75) is 31.8 Å². The number of nitrogens with two attached hydrogens (primary N) is 1. The van der Waals surface area contributed by atoms with Gasteiger partial charge in [-0.3, -0.25) is 9.88 Å². The molecule has 0 radical (unpaired) electrons. The summed E-state index contributed by atoms with van der Waals surface area (Å²) in [5.74, 6) is 0. The van der Waals surface area contributed by atoms with Gasteiger partial charge in [0.1, 0.15) is 10.7 Å². The normalized spacial score (nSPS) is 27.3. The van der Waals surface area contributed by atoms with E-state index in [9.17, 15) is 0 Å². The predicted molar refractivity (Wildman–Crippen MR) is 81.5 cm³/mol. The van der Waals surface area contributed by atoms with Crippen molar-refractivity contribution in [3.8, 4) is 0 Å². The van der Waals surface area contributed by atoms with Crippen molar-refractivity contribution in [1.82, 2.24) is 9.88 Å². The van der Waals surface area contributed by atoms with Gasteiger partial charge in [-0.1, -0.05) is 12.2 Å². The van der Waals surface area contributed by atoms with Crippen LogP contribution in [-0.4, -0.2) is 46.6 Å². The second-order valence-corrected chi connectivity index (χ2v) is 5.97. The quantitative estimate of drug-likeness (QED) is 0.827. The fourth-order valence-electron chi connectivity index (χ4n) is 3.34. The Balaban J connectivity index is 1.91. The van der Waals surface area contributed by atoms with E-state index in [1.165, 1.54) is 19.4 Å². The number of fused-ring (bicyclic) bond motifs is 1. The number of pyridine rings is 1. The van der Waals surface area contributed by atoms with Crippen LogP contribution in [-0.2, 0) is 0 Å². The molecule has 2 unspecified atom stereocenters. The van der Waals surface area contributed by atoms with Crippen LogP contribution in [0.5, 0.6) is 0 Å². The molecule has 3 rings (SSSR count). The van der Waals surface area contributed by atoms with Crippen LogP contribution in [0.1, 0.15) is 25.5 Å². The molecule has 2 aliphatic rings. The molecule has 3 heterocycles. The highest BCUT2D eigenvalue weighted by Gasteiger charge is 2.35. The van der Waals surface area contributed by atoms with Crippen molar-refractivity contribution in [3.63, 3.8) is 0 Å². The number of hydrogen-bond donors (Lipinski definition) is 1. The minimum Gasteiger partial charge on any atom is -0.388 e. The number of hydrogen-bond acceptors (Lipinski definition) is 4. The fraction of sp³-hybridized carbons (Fsp3) is 0.571. The molecule has 19 heavy (non-hydrogen) atoms. The van der Waals surface area contributed by atoms with E-state index in [-0.39, 0.29) is 0 Å². The van der Waals surface area contributed by atoms with Crippen molar-refractivity contribution in [1.29, 1.82) is 0 Å². The highest BCUT2D eigenvalue weighted by atomic mass is 32.1. The van der Waals surface area contributed by atoms with Crippen LogP contribution in [0, 0.1) is 0 Å². The maximum absolute atomic E-state index is 5.81. The molecular formula is C14H20N4S. The first-order chi connectivity index (χ1) is 9.16. The van der Waals surface area contributed by atoms with Crippen molar-refractivity contribution in [2.75, 3.05) is 24.5 Å². The maximum atomic E-state index is 5.81. The van der Waals surface area contributed by atoms with Gasteiger partial charge in [0, 0.05) is 31.4 Å². The Labute approximate surface area is 119 Å². The lowest BCUT2D eigenvalue weighted by molar-refractivity contribution is 0.203. The number of thiocarbonyl (C=S) groups is 1. The Morgan fingerprint density at radius 1 is 1.47 bits per heavy atom. The number of piperazine rings is 1. The van der Waals surface area contributed by atoms with Gasteiger partial charge in [-0.15, -0.1) is 0 Å². The minimum absolute atomic E-state index is 0.386. The second-order valence-electron chi connectivity index (χ2n) is 5.53. The van der Waals surface area contributed by atoms with Crippen LogP contribution in [0.2, 0.25) is 0 Å². The molecule has 102 valence electrons. The van der Waals surface area contributed by atoms with Gasteiger partial charge < -0.3 is 10.6 Å². The molecular weight excluding hydrogens is 256 g/mol. The molecule has 0 aromatic carbocycles. The maximum Gasteiger partial charge on any atom is 0.124 e. The van der Waals surface area contributed by atoms with Crippen molar-refractivity contribution in [2.24, 2.45) is 5.73 Å². The molecule has 0 bridgehead atoms.